The van der Waals surface area contributed by atoms with Crippen molar-refractivity contribution in [3.8, 4) is 0 Å². The molecular formula is C10H12BrIN2O. The van der Waals surface area contributed by atoms with Gasteiger partial charge in [-0.25, -0.2) is 0 Å². The van der Waals surface area contributed by atoms with E-state index in [1.54, 1.807) is 6.92 Å². The number of carbonyl (C=O) groups is 1. The predicted molar refractivity (Wildman–Crippen MR) is 73.7 cm³/mol. The molecule has 0 spiro atoms. The first-order chi connectivity index (χ1) is 7.04. The molecule has 0 radical (unpaired) electrons. The number of rotatable bonds is 3. The average molecular weight is 383 g/mol. The zero-order chi connectivity index (χ0) is 11.4. The Morgan fingerprint density at radius 3 is 2.87 bits per heavy atom. The van der Waals surface area contributed by atoms with Crippen molar-refractivity contribution in [1.82, 2.24) is 0 Å². The molecule has 0 fully saturated rings. The summed E-state index contributed by atoms with van der Waals surface area (Å²) in [6.07, 6.45) is 0. The molecule has 0 aliphatic rings. The number of anilines is 1. The van der Waals surface area contributed by atoms with Gasteiger partial charge in [0.1, 0.15) is 0 Å². The Balaban J connectivity index is 2.73. The largest absolute Gasteiger partial charge is 0.330 e. The molecule has 3 N–H and O–H groups in total. The molecule has 0 saturated carbocycles. The second-order valence-corrected chi connectivity index (χ2v) is 5.27. The van der Waals surface area contributed by atoms with E-state index in [0.717, 1.165) is 13.7 Å². The van der Waals surface area contributed by atoms with Crippen molar-refractivity contribution in [2.75, 3.05) is 11.9 Å². The number of halogens is 2. The maximum atomic E-state index is 11.5. The van der Waals surface area contributed by atoms with Crippen LogP contribution in [0.3, 0.4) is 0 Å². The van der Waals surface area contributed by atoms with E-state index in [4.69, 9.17) is 5.73 Å². The Morgan fingerprint density at radius 1 is 1.67 bits per heavy atom. The molecule has 1 rings (SSSR count). The molecule has 0 aliphatic carbocycles. The van der Waals surface area contributed by atoms with Gasteiger partial charge in [-0.15, -0.1) is 0 Å². The van der Waals surface area contributed by atoms with Gasteiger partial charge >= 0.3 is 0 Å². The second-order valence-electron chi connectivity index (χ2n) is 3.25. The summed E-state index contributed by atoms with van der Waals surface area (Å²) in [7, 11) is 0. The van der Waals surface area contributed by atoms with Crippen LogP contribution < -0.4 is 11.1 Å². The SMILES string of the molecule is CC(CN)C(=O)Nc1ccc(Br)c(I)c1. The molecule has 1 aromatic carbocycles. The maximum absolute atomic E-state index is 11.5. The lowest BCUT2D eigenvalue weighted by Gasteiger charge is -2.10. The summed E-state index contributed by atoms with van der Waals surface area (Å²) in [6, 6.07) is 5.67. The van der Waals surface area contributed by atoms with E-state index >= 15 is 0 Å². The van der Waals surface area contributed by atoms with E-state index in [0.29, 0.717) is 6.54 Å². The number of benzene rings is 1. The van der Waals surface area contributed by atoms with Crippen molar-refractivity contribution in [3.05, 3.63) is 26.2 Å². The van der Waals surface area contributed by atoms with Crippen LogP contribution in [0.1, 0.15) is 6.92 Å². The molecule has 1 amide bonds. The lowest BCUT2D eigenvalue weighted by atomic mass is 10.1. The molecule has 0 aromatic heterocycles. The van der Waals surface area contributed by atoms with Gasteiger partial charge in [0.15, 0.2) is 0 Å². The third-order valence-electron chi connectivity index (χ3n) is 1.99. The standard InChI is InChI=1S/C10H12BrIN2O/c1-6(5-13)10(15)14-7-2-3-8(11)9(12)4-7/h2-4,6H,5,13H2,1H3,(H,14,15). The molecule has 0 aliphatic heterocycles. The first-order valence-corrected chi connectivity index (χ1v) is 6.37. The van der Waals surface area contributed by atoms with Gasteiger partial charge in [0.2, 0.25) is 5.91 Å². The van der Waals surface area contributed by atoms with Gasteiger partial charge in [-0.3, -0.25) is 4.79 Å². The van der Waals surface area contributed by atoms with Crippen molar-refractivity contribution in [3.63, 3.8) is 0 Å². The van der Waals surface area contributed by atoms with Gasteiger partial charge < -0.3 is 11.1 Å². The molecule has 0 saturated heterocycles. The van der Waals surface area contributed by atoms with Gasteiger partial charge in [-0.1, -0.05) is 6.92 Å². The van der Waals surface area contributed by atoms with E-state index < -0.39 is 0 Å². The number of hydrogen-bond acceptors (Lipinski definition) is 2. The predicted octanol–water partition coefficient (Wildman–Crippen LogP) is 2.59. The van der Waals surface area contributed by atoms with Crippen molar-refractivity contribution >= 4 is 50.1 Å². The third kappa shape index (κ3) is 3.73. The fourth-order valence-corrected chi connectivity index (χ4v) is 1.71. The van der Waals surface area contributed by atoms with Crippen molar-refractivity contribution in [1.29, 1.82) is 0 Å². The Bertz CT molecular complexity index is 370. The Kier molecular flexibility index (Phi) is 5.01. The summed E-state index contributed by atoms with van der Waals surface area (Å²) in [5.41, 5.74) is 6.21. The van der Waals surface area contributed by atoms with Crippen LogP contribution in [-0.2, 0) is 4.79 Å². The minimum atomic E-state index is -0.161. The number of amides is 1. The highest BCUT2D eigenvalue weighted by Crippen LogP contribution is 2.22. The van der Waals surface area contributed by atoms with Gasteiger partial charge in [-0.05, 0) is 56.7 Å². The summed E-state index contributed by atoms with van der Waals surface area (Å²) < 4.78 is 2.08. The van der Waals surface area contributed by atoms with Gasteiger partial charge in [0, 0.05) is 26.2 Å². The monoisotopic (exact) mass is 382 g/mol. The van der Waals surface area contributed by atoms with E-state index in [-0.39, 0.29) is 11.8 Å². The molecule has 1 aromatic rings. The highest BCUT2D eigenvalue weighted by atomic mass is 127. The highest BCUT2D eigenvalue weighted by Gasteiger charge is 2.10. The number of nitrogens with two attached hydrogens (primary N) is 1. The summed E-state index contributed by atoms with van der Waals surface area (Å²) in [5, 5.41) is 2.82. The lowest BCUT2D eigenvalue weighted by molar-refractivity contribution is -0.119. The Hall–Kier alpha value is -0.140. The maximum Gasteiger partial charge on any atom is 0.228 e. The molecule has 3 nitrogen and oxygen atoms in total. The summed E-state index contributed by atoms with van der Waals surface area (Å²) in [6.45, 7) is 2.17. The first kappa shape index (κ1) is 12.9. The summed E-state index contributed by atoms with van der Waals surface area (Å²) in [4.78, 5) is 11.5. The van der Waals surface area contributed by atoms with Crippen LogP contribution in [0.2, 0.25) is 0 Å². The zero-order valence-electron chi connectivity index (χ0n) is 8.26. The molecule has 15 heavy (non-hydrogen) atoms. The number of nitrogens with one attached hydrogen (secondary N) is 1. The van der Waals surface area contributed by atoms with Crippen molar-refractivity contribution in [2.24, 2.45) is 11.7 Å². The van der Waals surface area contributed by atoms with Gasteiger partial charge in [0.25, 0.3) is 0 Å². The molecule has 1 atom stereocenters. The van der Waals surface area contributed by atoms with E-state index in [1.165, 1.54) is 0 Å². The quantitative estimate of drug-likeness (QED) is 0.789. The number of carbonyl (C=O) groups excluding carboxylic acids is 1. The van der Waals surface area contributed by atoms with Crippen LogP contribution in [0.5, 0.6) is 0 Å². The molecule has 0 bridgehead atoms. The molecule has 5 heteroatoms. The van der Waals surface area contributed by atoms with Crippen LogP contribution in [-0.4, -0.2) is 12.5 Å². The minimum Gasteiger partial charge on any atom is -0.330 e. The lowest BCUT2D eigenvalue weighted by Crippen LogP contribution is -2.26. The van der Waals surface area contributed by atoms with Crippen LogP contribution in [0, 0.1) is 9.49 Å². The zero-order valence-corrected chi connectivity index (χ0v) is 12.0. The molecule has 0 heterocycles. The van der Waals surface area contributed by atoms with Crippen molar-refractivity contribution < 1.29 is 4.79 Å². The van der Waals surface area contributed by atoms with Gasteiger partial charge in [0.05, 0.1) is 0 Å². The van der Waals surface area contributed by atoms with E-state index in [1.807, 2.05) is 18.2 Å². The highest BCUT2D eigenvalue weighted by molar-refractivity contribution is 14.1. The molecule has 82 valence electrons. The Morgan fingerprint density at radius 2 is 2.33 bits per heavy atom. The fraction of sp³-hybridized carbons (Fsp3) is 0.300. The normalized spacial score (nSPS) is 12.3. The minimum absolute atomic E-state index is 0.0457. The van der Waals surface area contributed by atoms with E-state index in [2.05, 4.69) is 43.8 Å². The topological polar surface area (TPSA) is 55.1 Å². The smallest absolute Gasteiger partial charge is 0.228 e. The number of hydrogen-bond donors (Lipinski definition) is 2. The van der Waals surface area contributed by atoms with E-state index in [9.17, 15) is 4.79 Å². The molecular weight excluding hydrogens is 371 g/mol. The van der Waals surface area contributed by atoms with Crippen LogP contribution >= 0.6 is 38.5 Å². The van der Waals surface area contributed by atoms with Gasteiger partial charge in [-0.2, -0.15) is 0 Å². The second kappa shape index (κ2) is 5.81. The van der Waals surface area contributed by atoms with Crippen molar-refractivity contribution in [2.45, 2.75) is 6.92 Å². The van der Waals surface area contributed by atoms with Crippen LogP contribution in [0.15, 0.2) is 22.7 Å². The van der Waals surface area contributed by atoms with Crippen LogP contribution in [0.25, 0.3) is 0 Å². The molecule has 1 unspecified atom stereocenters. The summed E-state index contributed by atoms with van der Waals surface area (Å²) in [5.74, 6) is -0.207. The first-order valence-electron chi connectivity index (χ1n) is 4.50. The Labute approximate surface area is 111 Å². The average Bonchev–Trinajstić information content (AvgIpc) is 2.22. The van der Waals surface area contributed by atoms with Crippen LogP contribution in [0.4, 0.5) is 5.69 Å². The third-order valence-corrected chi connectivity index (χ3v) is 4.31. The summed E-state index contributed by atoms with van der Waals surface area (Å²) >= 11 is 5.60. The fourth-order valence-electron chi connectivity index (χ4n) is 0.946.